The molecule has 0 saturated heterocycles. The monoisotopic (exact) mass is 273 g/mol. The molecule has 1 aromatic heterocycles. The average molecular weight is 273 g/mol. The third-order valence-corrected chi connectivity index (χ3v) is 3.77. The van der Waals surface area contributed by atoms with Gasteiger partial charge in [-0.05, 0) is 34.4 Å². The van der Waals surface area contributed by atoms with Gasteiger partial charge in [0.1, 0.15) is 5.82 Å². The summed E-state index contributed by atoms with van der Waals surface area (Å²) in [5.41, 5.74) is 2.00. The molecular formula is C19H12FN. The molecule has 4 aromatic rings. The molecule has 0 amide bonds. The fourth-order valence-corrected chi connectivity index (χ4v) is 2.78. The highest BCUT2D eigenvalue weighted by atomic mass is 19.1. The van der Waals surface area contributed by atoms with Crippen LogP contribution in [0.4, 0.5) is 4.39 Å². The summed E-state index contributed by atoms with van der Waals surface area (Å²) in [6.45, 7) is 0. The van der Waals surface area contributed by atoms with Gasteiger partial charge >= 0.3 is 0 Å². The van der Waals surface area contributed by atoms with Crippen molar-refractivity contribution in [3.05, 3.63) is 78.7 Å². The van der Waals surface area contributed by atoms with Crippen molar-refractivity contribution in [2.75, 3.05) is 0 Å². The second-order valence-electron chi connectivity index (χ2n) is 5.05. The number of halogens is 1. The smallest absolute Gasteiger partial charge is 0.123 e. The van der Waals surface area contributed by atoms with E-state index in [1.807, 2.05) is 48.5 Å². The largest absolute Gasteiger partial charge is 0.256 e. The van der Waals surface area contributed by atoms with Crippen LogP contribution in [-0.4, -0.2) is 4.98 Å². The van der Waals surface area contributed by atoms with E-state index < -0.39 is 0 Å². The summed E-state index contributed by atoms with van der Waals surface area (Å²) in [6, 6.07) is 21.0. The first-order valence-electron chi connectivity index (χ1n) is 6.85. The Bertz CT molecular complexity index is 945. The van der Waals surface area contributed by atoms with Gasteiger partial charge in [-0.1, -0.05) is 48.5 Å². The van der Waals surface area contributed by atoms with Gasteiger partial charge < -0.3 is 0 Å². The highest BCUT2D eigenvalue weighted by molar-refractivity contribution is 6.11. The maximum atomic E-state index is 13.6. The molecule has 0 spiro atoms. The second kappa shape index (κ2) is 4.67. The van der Waals surface area contributed by atoms with Crippen molar-refractivity contribution < 1.29 is 4.39 Å². The SMILES string of the molecule is Fc1ccc2ccc3c(-c4ccccc4)nccc3c2c1. The van der Waals surface area contributed by atoms with E-state index >= 15 is 0 Å². The molecule has 21 heavy (non-hydrogen) atoms. The molecule has 1 nitrogen and oxygen atoms in total. The summed E-state index contributed by atoms with van der Waals surface area (Å²) >= 11 is 0. The van der Waals surface area contributed by atoms with E-state index in [1.165, 1.54) is 6.07 Å². The molecule has 100 valence electrons. The zero-order valence-corrected chi connectivity index (χ0v) is 11.3. The maximum absolute atomic E-state index is 13.6. The number of nitrogens with zero attached hydrogens (tertiary/aromatic N) is 1. The van der Waals surface area contributed by atoms with Gasteiger partial charge in [0.25, 0.3) is 0 Å². The third kappa shape index (κ3) is 1.96. The van der Waals surface area contributed by atoms with E-state index in [1.54, 1.807) is 12.3 Å². The lowest BCUT2D eigenvalue weighted by molar-refractivity contribution is 0.630. The van der Waals surface area contributed by atoms with Crippen LogP contribution in [0.2, 0.25) is 0 Å². The van der Waals surface area contributed by atoms with E-state index in [0.29, 0.717) is 0 Å². The molecule has 0 radical (unpaired) electrons. The number of aromatic nitrogens is 1. The van der Waals surface area contributed by atoms with Crippen molar-refractivity contribution in [2.45, 2.75) is 0 Å². The van der Waals surface area contributed by atoms with E-state index in [0.717, 1.165) is 32.8 Å². The van der Waals surface area contributed by atoms with Crippen LogP contribution in [0.15, 0.2) is 72.9 Å². The minimum atomic E-state index is -0.215. The average Bonchev–Trinajstić information content (AvgIpc) is 2.55. The van der Waals surface area contributed by atoms with Crippen LogP contribution in [0.1, 0.15) is 0 Å². The van der Waals surface area contributed by atoms with E-state index in [4.69, 9.17) is 0 Å². The summed E-state index contributed by atoms with van der Waals surface area (Å²) in [5.74, 6) is -0.215. The molecule has 0 saturated carbocycles. The third-order valence-electron chi connectivity index (χ3n) is 3.77. The minimum Gasteiger partial charge on any atom is -0.256 e. The summed E-state index contributed by atoms with van der Waals surface area (Å²) < 4.78 is 13.6. The lowest BCUT2D eigenvalue weighted by Crippen LogP contribution is -1.87. The van der Waals surface area contributed by atoms with Crippen molar-refractivity contribution >= 4 is 21.5 Å². The van der Waals surface area contributed by atoms with Crippen molar-refractivity contribution in [2.24, 2.45) is 0 Å². The first-order chi connectivity index (χ1) is 10.3. The fourth-order valence-electron chi connectivity index (χ4n) is 2.78. The molecule has 0 N–H and O–H groups in total. The summed E-state index contributed by atoms with van der Waals surface area (Å²) in [7, 11) is 0. The van der Waals surface area contributed by atoms with Gasteiger partial charge in [0.2, 0.25) is 0 Å². The zero-order chi connectivity index (χ0) is 14.2. The lowest BCUT2D eigenvalue weighted by Gasteiger charge is -2.08. The second-order valence-corrected chi connectivity index (χ2v) is 5.05. The Morgan fingerprint density at radius 3 is 2.38 bits per heavy atom. The van der Waals surface area contributed by atoms with Gasteiger partial charge in [-0.25, -0.2) is 4.39 Å². The summed E-state index contributed by atoms with van der Waals surface area (Å²) in [4.78, 5) is 4.51. The van der Waals surface area contributed by atoms with Crippen molar-refractivity contribution in [3.8, 4) is 11.3 Å². The molecule has 0 fully saturated rings. The van der Waals surface area contributed by atoms with Crippen LogP contribution in [0, 0.1) is 5.82 Å². The highest BCUT2D eigenvalue weighted by Crippen LogP contribution is 2.31. The van der Waals surface area contributed by atoms with E-state index in [9.17, 15) is 4.39 Å². The molecule has 0 bridgehead atoms. The number of fused-ring (bicyclic) bond motifs is 3. The van der Waals surface area contributed by atoms with E-state index in [2.05, 4.69) is 11.1 Å². The number of pyridine rings is 1. The molecule has 4 rings (SSSR count). The molecule has 0 aliphatic rings. The van der Waals surface area contributed by atoms with Crippen molar-refractivity contribution in [1.29, 1.82) is 0 Å². The number of hydrogen-bond acceptors (Lipinski definition) is 1. The summed E-state index contributed by atoms with van der Waals surface area (Å²) in [5, 5.41) is 4.03. The quantitative estimate of drug-likeness (QED) is 0.435. The molecule has 1 heterocycles. The first-order valence-corrected chi connectivity index (χ1v) is 6.85. The molecular weight excluding hydrogens is 261 g/mol. The Morgan fingerprint density at radius 1 is 0.714 bits per heavy atom. The highest BCUT2D eigenvalue weighted by Gasteiger charge is 2.08. The fraction of sp³-hybridized carbons (Fsp3) is 0. The Kier molecular flexibility index (Phi) is 2.68. The van der Waals surface area contributed by atoms with Gasteiger partial charge in [-0.15, -0.1) is 0 Å². The number of rotatable bonds is 1. The number of benzene rings is 3. The maximum Gasteiger partial charge on any atom is 0.123 e. The van der Waals surface area contributed by atoms with Crippen LogP contribution in [0.25, 0.3) is 32.8 Å². The molecule has 0 atom stereocenters. The normalized spacial score (nSPS) is 11.1. The van der Waals surface area contributed by atoms with Gasteiger partial charge in [0.05, 0.1) is 5.69 Å². The Balaban J connectivity index is 2.11. The minimum absolute atomic E-state index is 0.215. The molecule has 3 aromatic carbocycles. The van der Waals surface area contributed by atoms with Crippen molar-refractivity contribution in [3.63, 3.8) is 0 Å². The van der Waals surface area contributed by atoms with Crippen LogP contribution >= 0.6 is 0 Å². The van der Waals surface area contributed by atoms with E-state index in [-0.39, 0.29) is 5.82 Å². The summed E-state index contributed by atoms with van der Waals surface area (Å²) in [6.07, 6.45) is 1.79. The first kappa shape index (κ1) is 12.0. The van der Waals surface area contributed by atoms with Gasteiger partial charge in [-0.2, -0.15) is 0 Å². The van der Waals surface area contributed by atoms with Crippen molar-refractivity contribution in [1.82, 2.24) is 4.98 Å². The Labute approximate surface area is 121 Å². The topological polar surface area (TPSA) is 12.9 Å². The van der Waals surface area contributed by atoms with Crippen LogP contribution in [0.5, 0.6) is 0 Å². The molecule has 0 unspecified atom stereocenters. The van der Waals surface area contributed by atoms with Crippen LogP contribution in [0.3, 0.4) is 0 Å². The molecule has 0 aliphatic heterocycles. The van der Waals surface area contributed by atoms with Gasteiger partial charge in [0.15, 0.2) is 0 Å². The van der Waals surface area contributed by atoms with Gasteiger partial charge in [-0.3, -0.25) is 4.98 Å². The Morgan fingerprint density at radius 2 is 1.52 bits per heavy atom. The number of hydrogen-bond donors (Lipinski definition) is 0. The standard InChI is InChI=1S/C19H12FN/c20-15-8-6-13-7-9-17-16(18(13)12-15)10-11-21-19(17)14-4-2-1-3-5-14/h1-12H. The zero-order valence-electron chi connectivity index (χ0n) is 11.3. The molecule has 0 aliphatic carbocycles. The van der Waals surface area contributed by atoms with Crippen LogP contribution < -0.4 is 0 Å². The van der Waals surface area contributed by atoms with Gasteiger partial charge in [0, 0.05) is 17.1 Å². The predicted octanol–water partition coefficient (Wildman–Crippen LogP) is 5.19. The predicted molar refractivity (Wildman–Crippen MR) is 84.6 cm³/mol. The Hall–Kier alpha value is -2.74. The molecule has 2 heteroatoms. The lowest BCUT2D eigenvalue weighted by atomic mass is 9.99. The van der Waals surface area contributed by atoms with Crippen LogP contribution in [-0.2, 0) is 0 Å².